The Morgan fingerprint density at radius 3 is 2.79 bits per heavy atom. The number of fused-ring (bicyclic) bond motifs is 1. The maximum atomic E-state index is 4.19. The van der Waals surface area contributed by atoms with Crippen LogP contribution in [0.25, 0.3) is 5.65 Å². The quantitative estimate of drug-likeness (QED) is 0.721. The molecule has 2 aromatic heterocycles. The SMILES string of the molecule is CC(C)(C)Nc1ccc2nnnn2n1. The van der Waals surface area contributed by atoms with Crippen molar-refractivity contribution in [3.63, 3.8) is 0 Å². The largest absolute Gasteiger partial charge is 0.364 e. The molecular weight excluding hydrogens is 180 g/mol. The number of aromatic nitrogens is 5. The summed E-state index contributed by atoms with van der Waals surface area (Å²) in [6, 6.07) is 3.68. The van der Waals surface area contributed by atoms with E-state index in [0.29, 0.717) is 5.65 Å². The Labute approximate surface area is 81.3 Å². The number of anilines is 1. The van der Waals surface area contributed by atoms with E-state index >= 15 is 0 Å². The van der Waals surface area contributed by atoms with E-state index in [0.717, 1.165) is 5.82 Å². The monoisotopic (exact) mass is 192 g/mol. The van der Waals surface area contributed by atoms with Crippen molar-refractivity contribution < 1.29 is 0 Å². The maximum Gasteiger partial charge on any atom is 0.200 e. The molecule has 2 rings (SSSR count). The van der Waals surface area contributed by atoms with Gasteiger partial charge in [0.05, 0.1) is 0 Å². The summed E-state index contributed by atoms with van der Waals surface area (Å²) in [5, 5.41) is 18.4. The van der Waals surface area contributed by atoms with Gasteiger partial charge in [-0.1, -0.05) is 0 Å². The first-order chi connectivity index (χ1) is 6.54. The molecule has 0 unspecified atom stereocenters. The third kappa shape index (κ3) is 1.78. The van der Waals surface area contributed by atoms with Crippen molar-refractivity contribution in [1.29, 1.82) is 0 Å². The molecule has 0 radical (unpaired) electrons. The second kappa shape index (κ2) is 2.90. The van der Waals surface area contributed by atoms with E-state index in [1.165, 1.54) is 4.63 Å². The molecule has 0 aliphatic rings. The zero-order valence-corrected chi connectivity index (χ0v) is 8.39. The number of hydrogen-bond acceptors (Lipinski definition) is 5. The van der Waals surface area contributed by atoms with E-state index in [4.69, 9.17) is 0 Å². The van der Waals surface area contributed by atoms with Crippen LogP contribution in [0.15, 0.2) is 12.1 Å². The maximum absolute atomic E-state index is 4.19. The molecule has 2 aromatic rings. The van der Waals surface area contributed by atoms with E-state index in [2.05, 4.69) is 46.7 Å². The second-order valence-electron chi connectivity index (χ2n) is 4.12. The minimum absolute atomic E-state index is 0.0192. The topological polar surface area (TPSA) is 68.0 Å². The van der Waals surface area contributed by atoms with Crippen LogP contribution in [-0.2, 0) is 0 Å². The molecule has 6 nitrogen and oxygen atoms in total. The van der Waals surface area contributed by atoms with Gasteiger partial charge in [-0.25, -0.2) is 0 Å². The van der Waals surface area contributed by atoms with Crippen LogP contribution >= 0.6 is 0 Å². The fourth-order valence-corrected chi connectivity index (χ4v) is 1.10. The lowest BCUT2D eigenvalue weighted by atomic mass is 10.1. The predicted molar refractivity (Wildman–Crippen MR) is 52.0 cm³/mol. The van der Waals surface area contributed by atoms with Crippen LogP contribution in [0.1, 0.15) is 20.8 Å². The normalized spacial score (nSPS) is 11.9. The lowest BCUT2D eigenvalue weighted by Crippen LogP contribution is -2.27. The van der Waals surface area contributed by atoms with E-state index in [-0.39, 0.29) is 5.54 Å². The fourth-order valence-electron chi connectivity index (χ4n) is 1.10. The summed E-state index contributed by atoms with van der Waals surface area (Å²) in [6.45, 7) is 6.20. The summed E-state index contributed by atoms with van der Waals surface area (Å²) >= 11 is 0. The Morgan fingerprint density at radius 1 is 1.29 bits per heavy atom. The van der Waals surface area contributed by atoms with Crippen LogP contribution in [0, 0.1) is 0 Å². The molecule has 0 saturated heterocycles. The van der Waals surface area contributed by atoms with E-state index < -0.39 is 0 Å². The number of tetrazole rings is 1. The van der Waals surface area contributed by atoms with Gasteiger partial charge in [0.1, 0.15) is 5.82 Å². The number of rotatable bonds is 1. The van der Waals surface area contributed by atoms with Crippen molar-refractivity contribution in [2.24, 2.45) is 0 Å². The van der Waals surface area contributed by atoms with Gasteiger partial charge in [0.25, 0.3) is 0 Å². The molecule has 0 aliphatic heterocycles. The zero-order chi connectivity index (χ0) is 10.2. The van der Waals surface area contributed by atoms with Gasteiger partial charge >= 0.3 is 0 Å². The van der Waals surface area contributed by atoms with Gasteiger partial charge < -0.3 is 5.32 Å². The molecule has 0 saturated carbocycles. The zero-order valence-electron chi connectivity index (χ0n) is 8.39. The summed E-state index contributed by atoms with van der Waals surface area (Å²) in [6.07, 6.45) is 0. The highest BCUT2D eigenvalue weighted by Crippen LogP contribution is 2.11. The molecule has 0 aromatic carbocycles. The molecule has 0 aliphatic carbocycles. The average molecular weight is 192 g/mol. The standard InChI is InChI=1S/C8H12N6/c1-8(2,3)9-6-4-5-7-10-12-13-14(7)11-6/h4-5H,1-3H3,(H,9,11). The first-order valence-corrected chi connectivity index (χ1v) is 4.38. The van der Waals surface area contributed by atoms with Crippen LogP contribution in [0.3, 0.4) is 0 Å². The lowest BCUT2D eigenvalue weighted by Gasteiger charge is -2.20. The van der Waals surface area contributed by atoms with Crippen molar-refractivity contribution in [2.45, 2.75) is 26.3 Å². The van der Waals surface area contributed by atoms with Crippen LogP contribution < -0.4 is 5.32 Å². The van der Waals surface area contributed by atoms with Gasteiger partial charge in [0.2, 0.25) is 0 Å². The Morgan fingerprint density at radius 2 is 2.07 bits per heavy atom. The van der Waals surface area contributed by atoms with Crippen LogP contribution in [0.2, 0.25) is 0 Å². The smallest absolute Gasteiger partial charge is 0.200 e. The molecular formula is C8H12N6. The highest BCUT2D eigenvalue weighted by atomic mass is 15.6. The van der Waals surface area contributed by atoms with Crippen molar-refractivity contribution in [3.8, 4) is 0 Å². The molecule has 6 heteroatoms. The Bertz CT molecular complexity index is 440. The van der Waals surface area contributed by atoms with Gasteiger partial charge in [-0.2, -0.15) is 0 Å². The third-order valence-electron chi connectivity index (χ3n) is 1.57. The number of hydrogen-bond donors (Lipinski definition) is 1. The summed E-state index contributed by atoms with van der Waals surface area (Å²) in [5.41, 5.74) is 0.624. The Kier molecular flexibility index (Phi) is 1.83. The third-order valence-corrected chi connectivity index (χ3v) is 1.57. The van der Waals surface area contributed by atoms with Crippen molar-refractivity contribution >= 4 is 11.5 Å². The highest BCUT2D eigenvalue weighted by Gasteiger charge is 2.10. The van der Waals surface area contributed by atoms with Crippen molar-refractivity contribution in [2.75, 3.05) is 5.32 Å². The average Bonchev–Trinajstić information content (AvgIpc) is 2.47. The van der Waals surface area contributed by atoms with Crippen LogP contribution in [0.4, 0.5) is 5.82 Å². The Balaban J connectivity index is 2.35. The van der Waals surface area contributed by atoms with Gasteiger partial charge in [0.15, 0.2) is 5.65 Å². The molecule has 1 N–H and O–H groups in total. The predicted octanol–water partition coefficient (Wildman–Crippen LogP) is 0.730. The first kappa shape index (κ1) is 8.86. The molecule has 0 bridgehead atoms. The Hall–Kier alpha value is -1.72. The van der Waals surface area contributed by atoms with Gasteiger partial charge in [-0.3, -0.25) is 0 Å². The van der Waals surface area contributed by atoms with Crippen molar-refractivity contribution in [1.82, 2.24) is 25.3 Å². The molecule has 0 amide bonds. The minimum atomic E-state index is -0.0192. The summed E-state index contributed by atoms with van der Waals surface area (Å²) in [7, 11) is 0. The molecule has 0 atom stereocenters. The van der Waals surface area contributed by atoms with E-state index in [1.54, 1.807) is 0 Å². The highest BCUT2D eigenvalue weighted by molar-refractivity contribution is 5.43. The summed E-state index contributed by atoms with van der Waals surface area (Å²) in [5.74, 6) is 0.761. The second-order valence-corrected chi connectivity index (χ2v) is 4.12. The van der Waals surface area contributed by atoms with Gasteiger partial charge in [0, 0.05) is 5.54 Å². The molecule has 14 heavy (non-hydrogen) atoms. The fraction of sp³-hybridized carbons (Fsp3) is 0.500. The lowest BCUT2D eigenvalue weighted by molar-refractivity contribution is 0.622. The van der Waals surface area contributed by atoms with Gasteiger partial charge in [-0.15, -0.1) is 14.8 Å². The number of nitrogens with zero attached hydrogens (tertiary/aromatic N) is 5. The molecule has 0 fully saturated rings. The minimum Gasteiger partial charge on any atom is -0.364 e. The summed E-state index contributed by atoms with van der Waals surface area (Å²) < 4.78 is 1.40. The molecule has 0 spiro atoms. The molecule has 74 valence electrons. The van der Waals surface area contributed by atoms with Gasteiger partial charge in [-0.05, 0) is 43.3 Å². The molecule has 2 heterocycles. The summed E-state index contributed by atoms with van der Waals surface area (Å²) in [4.78, 5) is 0. The first-order valence-electron chi connectivity index (χ1n) is 4.38. The number of nitrogens with one attached hydrogen (secondary N) is 1. The van der Waals surface area contributed by atoms with Crippen LogP contribution in [0.5, 0.6) is 0 Å². The van der Waals surface area contributed by atoms with Crippen LogP contribution in [-0.4, -0.2) is 30.8 Å². The van der Waals surface area contributed by atoms with E-state index in [9.17, 15) is 0 Å². The van der Waals surface area contributed by atoms with Crippen molar-refractivity contribution in [3.05, 3.63) is 12.1 Å². The van der Waals surface area contributed by atoms with E-state index in [1.807, 2.05) is 12.1 Å².